The van der Waals surface area contributed by atoms with Gasteiger partial charge in [-0.05, 0) is 30.5 Å². The second-order valence-electron chi connectivity index (χ2n) is 5.19. The van der Waals surface area contributed by atoms with E-state index in [4.69, 9.17) is 14.6 Å². The lowest BCUT2D eigenvalue weighted by Gasteiger charge is -2.31. The summed E-state index contributed by atoms with van der Waals surface area (Å²) in [4.78, 5) is 12.9. The Kier molecular flexibility index (Phi) is 3.64. The minimum atomic E-state index is -0.931. The van der Waals surface area contributed by atoms with Crippen molar-refractivity contribution in [3.63, 3.8) is 0 Å². The van der Waals surface area contributed by atoms with Crippen LogP contribution in [-0.2, 0) is 6.54 Å². The van der Waals surface area contributed by atoms with Gasteiger partial charge in [-0.2, -0.15) is 0 Å². The number of fused-ring (bicyclic) bond motifs is 1. The van der Waals surface area contributed by atoms with Crippen LogP contribution in [0.2, 0.25) is 0 Å². The molecule has 2 heterocycles. The topological polar surface area (TPSA) is 71.0 Å². The molecular weight excluding hydrogens is 260 g/mol. The molecule has 2 aliphatic heterocycles. The quantitative estimate of drug-likeness (QED) is 0.879. The van der Waals surface area contributed by atoms with Gasteiger partial charge < -0.3 is 19.9 Å². The highest BCUT2D eigenvalue weighted by molar-refractivity contribution is 5.64. The molecule has 1 aromatic rings. The van der Waals surface area contributed by atoms with Crippen molar-refractivity contribution in [2.45, 2.75) is 25.4 Å². The molecule has 2 N–H and O–H groups in total. The van der Waals surface area contributed by atoms with Crippen molar-refractivity contribution in [3.8, 4) is 11.5 Å². The maximum atomic E-state index is 10.6. The number of hydrogen-bond donors (Lipinski definition) is 2. The van der Waals surface area contributed by atoms with Crippen LogP contribution in [0.5, 0.6) is 11.5 Å². The predicted molar refractivity (Wildman–Crippen MR) is 72.0 cm³/mol. The first-order valence-corrected chi connectivity index (χ1v) is 6.81. The van der Waals surface area contributed by atoms with Crippen LogP contribution >= 0.6 is 0 Å². The lowest BCUT2D eigenvalue weighted by atomic mass is 10.0. The number of amides is 1. The molecule has 0 spiro atoms. The minimum Gasteiger partial charge on any atom is -0.465 e. The number of nitrogens with zero attached hydrogens (tertiary/aromatic N) is 1. The summed E-state index contributed by atoms with van der Waals surface area (Å²) in [6, 6.07) is 6.09. The summed E-state index contributed by atoms with van der Waals surface area (Å²) in [5.41, 5.74) is 1.19. The van der Waals surface area contributed by atoms with Crippen molar-refractivity contribution in [1.82, 2.24) is 10.2 Å². The second kappa shape index (κ2) is 5.58. The van der Waals surface area contributed by atoms with E-state index in [2.05, 4.69) is 16.3 Å². The maximum absolute atomic E-state index is 10.6. The first-order valence-electron chi connectivity index (χ1n) is 6.81. The van der Waals surface area contributed by atoms with Gasteiger partial charge >= 0.3 is 6.09 Å². The van der Waals surface area contributed by atoms with Crippen LogP contribution in [0, 0.1) is 0 Å². The third kappa shape index (κ3) is 2.96. The van der Waals surface area contributed by atoms with E-state index < -0.39 is 6.09 Å². The van der Waals surface area contributed by atoms with Crippen molar-refractivity contribution in [3.05, 3.63) is 23.8 Å². The average molecular weight is 278 g/mol. The summed E-state index contributed by atoms with van der Waals surface area (Å²) in [6.45, 7) is 2.96. The van der Waals surface area contributed by atoms with E-state index >= 15 is 0 Å². The van der Waals surface area contributed by atoms with Gasteiger partial charge in [0.05, 0.1) is 0 Å². The number of benzene rings is 1. The Morgan fingerprint density at radius 3 is 2.80 bits per heavy atom. The monoisotopic (exact) mass is 278 g/mol. The van der Waals surface area contributed by atoms with Gasteiger partial charge in [-0.15, -0.1) is 0 Å². The summed E-state index contributed by atoms with van der Waals surface area (Å²) < 4.78 is 10.7. The molecule has 0 unspecified atom stereocenters. The third-order valence-electron chi connectivity index (χ3n) is 3.76. The summed E-state index contributed by atoms with van der Waals surface area (Å²) in [5, 5.41) is 11.3. The highest BCUT2D eigenvalue weighted by atomic mass is 16.7. The molecule has 0 atom stereocenters. The number of rotatable bonds is 3. The van der Waals surface area contributed by atoms with E-state index in [9.17, 15) is 4.79 Å². The fourth-order valence-corrected chi connectivity index (χ4v) is 2.71. The molecule has 1 amide bonds. The normalized spacial score (nSPS) is 19.0. The summed E-state index contributed by atoms with van der Waals surface area (Å²) in [5.74, 6) is 1.61. The Balaban J connectivity index is 1.53. The van der Waals surface area contributed by atoms with Crippen molar-refractivity contribution in [2.75, 3.05) is 19.9 Å². The van der Waals surface area contributed by atoms with Crippen LogP contribution < -0.4 is 14.8 Å². The van der Waals surface area contributed by atoms with Crippen LogP contribution in [0.15, 0.2) is 18.2 Å². The number of carboxylic acid groups (broad SMARTS) is 1. The SMILES string of the molecule is O=C(O)NC1CCN(Cc2ccc3c(c2)OCO3)CC1. The number of piperidine rings is 1. The third-order valence-corrected chi connectivity index (χ3v) is 3.76. The highest BCUT2D eigenvalue weighted by Gasteiger charge is 2.21. The van der Waals surface area contributed by atoms with Crippen molar-refractivity contribution < 1.29 is 19.4 Å². The molecule has 20 heavy (non-hydrogen) atoms. The minimum absolute atomic E-state index is 0.0838. The van der Waals surface area contributed by atoms with Crippen molar-refractivity contribution >= 4 is 6.09 Å². The first-order chi connectivity index (χ1) is 9.70. The number of ether oxygens (including phenoxy) is 2. The van der Waals surface area contributed by atoms with Gasteiger partial charge in [0.2, 0.25) is 6.79 Å². The van der Waals surface area contributed by atoms with Crippen molar-refractivity contribution in [2.24, 2.45) is 0 Å². The predicted octanol–water partition coefficient (Wildman–Crippen LogP) is 1.65. The lowest BCUT2D eigenvalue weighted by Crippen LogP contribution is -2.43. The summed E-state index contributed by atoms with van der Waals surface area (Å²) in [7, 11) is 0. The van der Waals surface area contributed by atoms with E-state index in [0.29, 0.717) is 6.79 Å². The van der Waals surface area contributed by atoms with E-state index in [0.717, 1.165) is 44.0 Å². The molecule has 3 rings (SSSR count). The standard InChI is InChI=1S/C14H18N2O4/c17-14(18)15-11-3-5-16(6-4-11)8-10-1-2-12-13(7-10)20-9-19-12/h1-2,7,11,15H,3-6,8-9H2,(H,17,18). The van der Waals surface area contributed by atoms with Crippen LogP contribution in [0.1, 0.15) is 18.4 Å². The number of carbonyl (C=O) groups is 1. The zero-order chi connectivity index (χ0) is 13.9. The van der Waals surface area contributed by atoms with E-state index in [-0.39, 0.29) is 6.04 Å². The molecule has 0 bridgehead atoms. The molecule has 0 aromatic heterocycles. The molecule has 108 valence electrons. The number of likely N-dealkylation sites (tertiary alicyclic amines) is 1. The van der Waals surface area contributed by atoms with Crippen LogP contribution in [0.3, 0.4) is 0 Å². The van der Waals surface area contributed by atoms with E-state index in [1.165, 1.54) is 5.56 Å². The highest BCUT2D eigenvalue weighted by Crippen LogP contribution is 2.32. The Bertz CT molecular complexity index is 498. The van der Waals surface area contributed by atoms with Gasteiger partial charge in [-0.3, -0.25) is 4.90 Å². The van der Waals surface area contributed by atoms with Gasteiger partial charge in [0.1, 0.15) is 0 Å². The van der Waals surface area contributed by atoms with Crippen LogP contribution in [-0.4, -0.2) is 42.0 Å². The average Bonchev–Trinajstić information content (AvgIpc) is 2.88. The van der Waals surface area contributed by atoms with Gasteiger partial charge in [-0.1, -0.05) is 6.07 Å². The maximum Gasteiger partial charge on any atom is 0.404 e. The van der Waals surface area contributed by atoms with Gasteiger partial charge in [0.25, 0.3) is 0 Å². The van der Waals surface area contributed by atoms with Gasteiger partial charge in [0.15, 0.2) is 11.5 Å². The summed E-state index contributed by atoms with van der Waals surface area (Å²) in [6.07, 6.45) is 0.785. The van der Waals surface area contributed by atoms with E-state index in [1.54, 1.807) is 0 Å². The molecule has 0 aliphatic carbocycles. The van der Waals surface area contributed by atoms with Crippen LogP contribution in [0.4, 0.5) is 4.79 Å². The Hall–Kier alpha value is -1.95. The van der Waals surface area contributed by atoms with E-state index in [1.807, 2.05) is 12.1 Å². The zero-order valence-electron chi connectivity index (χ0n) is 11.2. The molecule has 0 saturated carbocycles. The zero-order valence-corrected chi connectivity index (χ0v) is 11.2. The Morgan fingerprint density at radius 1 is 1.30 bits per heavy atom. The fraction of sp³-hybridized carbons (Fsp3) is 0.500. The van der Waals surface area contributed by atoms with Gasteiger partial charge in [-0.25, -0.2) is 4.79 Å². The van der Waals surface area contributed by atoms with Gasteiger partial charge in [0, 0.05) is 25.7 Å². The second-order valence-corrected chi connectivity index (χ2v) is 5.19. The van der Waals surface area contributed by atoms with Crippen molar-refractivity contribution in [1.29, 1.82) is 0 Å². The van der Waals surface area contributed by atoms with Crippen LogP contribution in [0.25, 0.3) is 0 Å². The molecule has 6 heteroatoms. The molecule has 1 fully saturated rings. The summed E-state index contributed by atoms with van der Waals surface area (Å²) >= 11 is 0. The molecule has 2 aliphatic rings. The first kappa shape index (κ1) is 13.1. The molecule has 1 saturated heterocycles. The number of hydrogen-bond acceptors (Lipinski definition) is 4. The number of nitrogens with one attached hydrogen (secondary N) is 1. The molecule has 6 nitrogen and oxygen atoms in total. The molecular formula is C14H18N2O4. The fourth-order valence-electron chi connectivity index (χ4n) is 2.71. The Labute approximate surface area is 117 Å². The smallest absolute Gasteiger partial charge is 0.404 e. The molecule has 0 radical (unpaired) electrons. The molecule has 1 aromatic carbocycles. The lowest BCUT2D eigenvalue weighted by molar-refractivity contribution is 0.165. The Morgan fingerprint density at radius 2 is 2.05 bits per heavy atom. The largest absolute Gasteiger partial charge is 0.465 e.